The molecule has 2 aromatic rings. The Labute approximate surface area is 122 Å². The summed E-state index contributed by atoms with van der Waals surface area (Å²) >= 11 is 1.42. The highest BCUT2D eigenvalue weighted by Gasteiger charge is 2.22. The highest BCUT2D eigenvalue weighted by molar-refractivity contribution is 7.14. The van der Waals surface area contributed by atoms with Gasteiger partial charge < -0.3 is 10.1 Å². The summed E-state index contributed by atoms with van der Waals surface area (Å²) in [7, 11) is 1.64. The van der Waals surface area contributed by atoms with Crippen LogP contribution in [0.3, 0.4) is 0 Å². The van der Waals surface area contributed by atoms with Gasteiger partial charge in [0, 0.05) is 16.4 Å². The number of ether oxygens (including phenoxy) is 1. The minimum atomic E-state index is -0.425. The van der Waals surface area contributed by atoms with Crippen LogP contribution in [0.25, 0.3) is 11.3 Å². The summed E-state index contributed by atoms with van der Waals surface area (Å²) in [5.41, 5.74) is 1.42. The van der Waals surface area contributed by atoms with Crippen LogP contribution >= 0.6 is 11.3 Å². The topological polar surface area (TPSA) is 51.2 Å². The van der Waals surface area contributed by atoms with Crippen molar-refractivity contribution in [3.63, 3.8) is 0 Å². The molecule has 1 heterocycles. The van der Waals surface area contributed by atoms with Gasteiger partial charge in [0.25, 0.3) is 0 Å². The third kappa shape index (κ3) is 3.36. The molecular formula is C15H18N2O2S. The van der Waals surface area contributed by atoms with Crippen LogP contribution in [-0.4, -0.2) is 18.0 Å². The molecule has 0 fully saturated rings. The van der Waals surface area contributed by atoms with Gasteiger partial charge in [-0.2, -0.15) is 0 Å². The molecule has 1 amide bonds. The lowest BCUT2D eigenvalue weighted by Gasteiger charge is -2.15. The summed E-state index contributed by atoms with van der Waals surface area (Å²) in [6.45, 7) is 5.63. The summed E-state index contributed by atoms with van der Waals surface area (Å²) in [6, 6.07) is 7.68. The number of amides is 1. The predicted molar refractivity (Wildman–Crippen MR) is 82.2 cm³/mol. The number of nitrogens with one attached hydrogen (secondary N) is 1. The van der Waals surface area contributed by atoms with Crippen LogP contribution in [0, 0.1) is 5.41 Å². The first-order valence-corrected chi connectivity index (χ1v) is 7.19. The fraction of sp³-hybridized carbons (Fsp3) is 0.333. The van der Waals surface area contributed by atoms with Crippen molar-refractivity contribution in [3.8, 4) is 17.0 Å². The SMILES string of the molecule is COc1ccc(-c2csc(NC(=O)C(C)(C)C)n2)cc1. The third-order valence-corrected chi connectivity index (χ3v) is 3.55. The quantitative estimate of drug-likeness (QED) is 0.935. The lowest BCUT2D eigenvalue weighted by molar-refractivity contribution is -0.123. The normalized spacial score (nSPS) is 11.2. The maximum Gasteiger partial charge on any atom is 0.231 e. The number of anilines is 1. The number of nitrogens with zero attached hydrogens (tertiary/aromatic N) is 1. The number of carbonyl (C=O) groups is 1. The van der Waals surface area contributed by atoms with Crippen molar-refractivity contribution >= 4 is 22.4 Å². The molecule has 0 aliphatic heterocycles. The van der Waals surface area contributed by atoms with Crippen LogP contribution in [0.5, 0.6) is 5.75 Å². The summed E-state index contributed by atoms with van der Waals surface area (Å²) in [6.07, 6.45) is 0. The molecule has 0 saturated carbocycles. The van der Waals surface area contributed by atoms with Crippen molar-refractivity contribution in [1.29, 1.82) is 0 Å². The molecule has 0 saturated heterocycles. The first-order chi connectivity index (χ1) is 9.40. The van der Waals surface area contributed by atoms with E-state index in [2.05, 4.69) is 10.3 Å². The average molecular weight is 290 g/mol. The third-order valence-electron chi connectivity index (χ3n) is 2.79. The number of methoxy groups -OCH3 is 1. The first-order valence-electron chi connectivity index (χ1n) is 6.31. The van der Waals surface area contributed by atoms with Gasteiger partial charge in [0.2, 0.25) is 5.91 Å². The van der Waals surface area contributed by atoms with Crippen LogP contribution in [0.4, 0.5) is 5.13 Å². The standard InChI is InChI=1S/C15H18N2O2S/c1-15(2,3)13(18)17-14-16-12(9-20-14)10-5-7-11(19-4)8-6-10/h5-9H,1-4H3,(H,16,17,18). The number of aromatic nitrogens is 1. The molecular weight excluding hydrogens is 272 g/mol. The van der Waals surface area contributed by atoms with Crippen LogP contribution in [0.1, 0.15) is 20.8 Å². The zero-order chi connectivity index (χ0) is 14.8. The molecule has 5 heteroatoms. The maximum absolute atomic E-state index is 11.9. The van der Waals surface area contributed by atoms with Crippen molar-refractivity contribution in [2.75, 3.05) is 12.4 Å². The lowest BCUT2D eigenvalue weighted by Crippen LogP contribution is -2.27. The van der Waals surface area contributed by atoms with E-state index in [4.69, 9.17) is 4.74 Å². The highest BCUT2D eigenvalue weighted by atomic mass is 32.1. The molecule has 0 spiro atoms. The van der Waals surface area contributed by atoms with E-state index in [1.54, 1.807) is 7.11 Å². The van der Waals surface area contributed by atoms with Gasteiger partial charge in [-0.15, -0.1) is 11.3 Å². The zero-order valence-electron chi connectivity index (χ0n) is 12.1. The predicted octanol–water partition coefficient (Wildman–Crippen LogP) is 3.80. The van der Waals surface area contributed by atoms with E-state index in [1.807, 2.05) is 50.4 Å². The summed E-state index contributed by atoms with van der Waals surface area (Å²) in [5.74, 6) is 0.776. The Morgan fingerprint density at radius 2 is 1.90 bits per heavy atom. The molecule has 0 unspecified atom stereocenters. The molecule has 20 heavy (non-hydrogen) atoms. The number of carbonyl (C=O) groups excluding carboxylic acids is 1. The molecule has 1 N–H and O–H groups in total. The first kappa shape index (κ1) is 14.5. The molecule has 0 aliphatic carbocycles. The van der Waals surface area contributed by atoms with Gasteiger partial charge in [-0.05, 0) is 24.3 Å². The molecule has 0 radical (unpaired) electrons. The van der Waals surface area contributed by atoms with Gasteiger partial charge >= 0.3 is 0 Å². The molecule has 0 aliphatic rings. The van der Waals surface area contributed by atoms with Crippen molar-refractivity contribution in [1.82, 2.24) is 4.98 Å². The van der Waals surface area contributed by atoms with Crippen molar-refractivity contribution < 1.29 is 9.53 Å². The Morgan fingerprint density at radius 3 is 2.45 bits per heavy atom. The van der Waals surface area contributed by atoms with Gasteiger partial charge in [-0.1, -0.05) is 20.8 Å². The van der Waals surface area contributed by atoms with E-state index in [0.29, 0.717) is 5.13 Å². The lowest BCUT2D eigenvalue weighted by atomic mass is 9.96. The number of hydrogen-bond acceptors (Lipinski definition) is 4. The Balaban J connectivity index is 2.14. The number of hydrogen-bond donors (Lipinski definition) is 1. The van der Waals surface area contributed by atoms with Gasteiger partial charge in [0.1, 0.15) is 5.75 Å². The minimum absolute atomic E-state index is 0.0341. The molecule has 1 aromatic carbocycles. The summed E-state index contributed by atoms with van der Waals surface area (Å²) in [4.78, 5) is 16.3. The zero-order valence-corrected chi connectivity index (χ0v) is 12.9. The minimum Gasteiger partial charge on any atom is -0.497 e. The average Bonchev–Trinajstić information content (AvgIpc) is 2.86. The molecule has 0 bridgehead atoms. The van der Waals surface area contributed by atoms with Crippen LogP contribution < -0.4 is 10.1 Å². The smallest absolute Gasteiger partial charge is 0.231 e. The second-order valence-corrected chi connectivity index (χ2v) is 6.33. The summed E-state index contributed by atoms with van der Waals surface area (Å²) < 4.78 is 5.13. The second-order valence-electron chi connectivity index (χ2n) is 5.47. The van der Waals surface area contributed by atoms with Crippen molar-refractivity contribution in [3.05, 3.63) is 29.6 Å². The monoisotopic (exact) mass is 290 g/mol. The van der Waals surface area contributed by atoms with Gasteiger partial charge in [0.05, 0.1) is 12.8 Å². The maximum atomic E-state index is 11.9. The Bertz CT molecular complexity index is 597. The Morgan fingerprint density at radius 1 is 1.25 bits per heavy atom. The molecule has 2 rings (SSSR count). The van der Waals surface area contributed by atoms with E-state index < -0.39 is 5.41 Å². The fourth-order valence-electron chi connectivity index (χ4n) is 1.51. The number of benzene rings is 1. The van der Waals surface area contributed by atoms with Gasteiger partial charge in [-0.3, -0.25) is 4.79 Å². The largest absolute Gasteiger partial charge is 0.497 e. The van der Waals surface area contributed by atoms with Crippen molar-refractivity contribution in [2.24, 2.45) is 5.41 Å². The number of rotatable bonds is 3. The van der Waals surface area contributed by atoms with Gasteiger partial charge in [0.15, 0.2) is 5.13 Å². The Kier molecular flexibility index (Phi) is 4.09. The summed E-state index contributed by atoms with van der Waals surface area (Å²) in [5, 5.41) is 5.39. The van der Waals surface area contributed by atoms with E-state index in [9.17, 15) is 4.79 Å². The van der Waals surface area contributed by atoms with Gasteiger partial charge in [-0.25, -0.2) is 4.98 Å². The molecule has 106 valence electrons. The van der Waals surface area contributed by atoms with E-state index >= 15 is 0 Å². The van der Waals surface area contributed by atoms with Crippen LogP contribution in [0.2, 0.25) is 0 Å². The van der Waals surface area contributed by atoms with Crippen LogP contribution in [0.15, 0.2) is 29.6 Å². The second kappa shape index (κ2) is 5.63. The van der Waals surface area contributed by atoms with E-state index in [0.717, 1.165) is 17.0 Å². The van der Waals surface area contributed by atoms with E-state index in [-0.39, 0.29) is 5.91 Å². The highest BCUT2D eigenvalue weighted by Crippen LogP contribution is 2.27. The molecule has 0 atom stereocenters. The molecule has 1 aromatic heterocycles. The van der Waals surface area contributed by atoms with E-state index in [1.165, 1.54) is 11.3 Å². The van der Waals surface area contributed by atoms with Crippen molar-refractivity contribution in [2.45, 2.75) is 20.8 Å². The van der Waals surface area contributed by atoms with Crippen LogP contribution in [-0.2, 0) is 4.79 Å². The fourth-order valence-corrected chi connectivity index (χ4v) is 2.22. The Hall–Kier alpha value is -1.88. The molecule has 4 nitrogen and oxygen atoms in total. The number of thiazole rings is 1.